The first-order chi connectivity index (χ1) is 13.6. The largest absolute Gasteiger partial charge is 0.339 e. The quantitative estimate of drug-likeness (QED) is 0.814. The number of rotatable bonds is 4. The highest BCUT2D eigenvalue weighted by atomic mass is 19.1. The summed E-state index contributed by atoms with van der Waals surface area (Å²) in [4.78, 5) is 26.8. The van der Waals surface area contributed by atoms with Crippen molar-refractivity contribution in [3.8, 4) is 0 Å². The van der Waals surface area contributed by atoms with Crippen LogP contribution in [0.25, 0.3) is 6.08 Å². The maximum absolute atomic E-state index is 12.9. The Labute approximate surface area is 164 Å². The molecule has 1 heterocycles. The Kier molecular flexibility index (Phi) is 4.99. The molecule has 1 aliphatic heterocycles. The van der Waals surface area contributed by atoms with Gasteiger partial charge in [0.25, 0.3) is 0 Å². The van der Waals surface area contributed by atoms with Gasteiger partial charge >= 0.3 is 0 Å². The highest BCUT2D eigenvalue weighted by molar-refractivity contribution is 5.95. The highest BCUT2D eigenvalue weighted by Gasteiger charge is 2.58. The number of para-hydroxylation sites is 1. The van der Waals surface area contributed by atoms with Crippen molar-refractivity contribution in [2.45, 2.75) is 19.3 Å². The van der Waals surface area contributed by atoms with E-state index in [0.29, 0.717) is 13.1 Å². The van der Waals surface area contributed by atoms with Crippen LogP contribution in [0, 0.1) is 17.2 Å². The average Bonchev–Trinajstić information content (AvgIpc) is 3.42. The number of anilines is 1. The van der Waals surface area contributed by atoms with E-state index in [1.54, 1.807) is 18.2 Å². The summed E-state index contributed by atoms with van der Waals surface area (Å²) in [7, 11) is 0. The molecule has 4 rings (SSSR count). The lowest BCUT2D eigenvalue weighted by Crippen LogP contribution is -2.39. The molecule has 0 unspecified atom stereocenters. The van der Waals surface area contributed by atoms with Crippen LogP contribution in [0.4, 0.5) is 10.1 Å². The SMILES string of the molecule is O=C(Nc1ccccc1)[C@H]1CC12CCN(C(=O)/C=C/c1ccc(F)cc1)CC2. The monoisotopic (exact) mass is 378 g/mol. The minimum absolute atomic E-state index is 0.0369. The van der Waals surface area contributed by atoms with Gasteiger partial charge in [-0.3, -0.25) is 9.59 Å². The van der Waals surface area contributed by atoms with Gasteiger partial charge in [0.05, 0.1) is 0 Å². The first-order valence-corrected chi connectivity index (χ1v) is 9.64. The Hall–Kier alpha value is -2.95. The molecule has 1 spiro atoms. The summed E-state index contributed by atoms with van der Waals surface area (Å²) in [5.41, 5.74) is 1.67. The summed E-state index contributed by atoms with van der Waals surface area (Å²) in [6.07, 6.45) is 5.86. The Morgan fingerprint density at radius 3 is 2.39 bits per heavy atom. The molecule has 2 aromatic carbocycles. The lowest BCUT2D eigenvalue weighted by Gasteiger charge is -2.32. The normalized spacial score (nSPS) is 20.3. The molecule has 0 aromatic heterocycles. The predicted octanol–water partition coefficient (Wildman–Crippen LogP) is 4.11. The standard InChI is InChI=1S/C23H23FN2O2/c24-18-9-6-17(7-10-18)8-11-21(27)26-14-12-23(13-15-26)16-20(23)22(28)25-19-4-2-1-3-5-19/h1-11,20H,12-16H2,(H,25,28)/b11-8+/t20-/m1/s1. The van der Waals surface area contributed by atoms with E-state index in [1.807, 2.05) is 35.2 Å². The van der Waals surface area contributed by atoms with Crippen molar-refractivity contribution < 1.29 is 14.0 Å². The molecule has 0 radical (unpaired) electrons. The van der Waals surface area contributed by atoms with Crippen LogP contribution in [0.3, 0.4) is 0 Å². The van der Waals surface area contributed by atoms with Crippen molar-refractivity contribution in [1.29, 1.82) is 0 Å². The van der Waals surface area contributed by atoms with Crippen LogP contribution in [0.2, 0.25) is 0 Å². The summed E-state index contributed by atoms with van der Waals surface area (Å²) in [5.74, 6) is -0.202. The summed E-state index contributed by atoms with van der Waals surface area (Å²) in [5, 5.41) is 2.99. The number of likely N-dealkylation sites (tertiary alicyclic amines) is 1. The van der Waals surface area contributed by atoms with Gasteiger partial charge in [0.1, 0.15) is 5.82 Å². The van der Waals surface area contributed by atoms with Crippen LogP contribution < -0.4 is 5.32 Å². The lowest BCUT2D eigenvalue weighted by atomic mass is 9.90. The smallest absolute Gasteiger partial charge is 0.246 e. The maximum Gasteiger partial charge on any atom is 0.246 e. The third kappa shape index (κ3) is 3.98. The van der Waals surface area contributed by atoms with Crippen molar-refractivity contribution in [1.82, 2.24) is 4.90 Å². The molecule has 2 fully saturated rings. The van der Waals surface area contributed by atoms with Crippen molar-refractivity contribution in [2.75, 3.05) is 18.4 Å². The van der Waals surface area contributed by atoms with E-state index < -0.39 is 0 Å². The van der Waals surface area contributed by atoms with Crippen molar-refractivity contribution >= 4 is 23.6 Å². The fourth-order valence-corrected chi connectivity index (χ4v) is 4.04. The van der Waals surface area contributed by atoms with Gasteiger partial charge < -0.3 is 10.2 Å². The number of amides is 2. The highest BCUT2D eigenvalue weighted by Crippen LogP contribution is 2.59. The average molecular weight is 378 g/mol. The summed E-state index contributed by atoms with van der Waals surface area (Å²) < 4.78 is 12.9. The molecule has 1 atom stereocenters. The topological polar surface area (TPSA) is 49.4 Å². The van der Waals surface area contributed by atoms with Gasteiger partial charge in [0.2, 0.25) is 11.8 Å². The van der Waals surface area contributed by atoms with Gasteiger partial charge in [-0.2, -0.15) is 0 Å². The van der Waals surface area contributed by atoms with Crippen LogP contribution in [0.15, 0.2) is 60.7 Å². The lowest BCUT2D eigenvalue weighted by molar-refractivity contribution is -0.127. The fourth-order valence-electron chi connectivity index (χ4n) is 4.04. The van der Waals surface area contributed by atoms with Crippen molar-refractivity contribution in [3.05, 3.63) is 72.1 Å². The van der Waals surface area contributed by atoms with Crippen LogP contribution in [-0.4, -0.2) is 29.8 Å². The zero-order chi connectivity index (χ0) is 19.6. The first kappa shape index (κ1) is 18.4. The number of piperidine rings is 1. The molecule has 1 aliphatic carbocycles. The first-order valence-electron chi connectivity index (χ1n) is 9.64. The van der Waals surface area contributed by atoms with Crippen molar-refractivity contribution in [3.63, 3.8) is 0 Å². The minimum Gasteiger partial charge on any atom is -0.339 e. The molecule has 4 nitrogen and oxygen atoms in total. The van der Waals surface area contributed by atoms with E-state index >= 15 is 0 Å². The van der Waals surface area contributed by atoms with Gasteiger partial charge in [0.15, 0.2) is 0 Å². The number of carbonyl (C=O) groups is 2. The van der Waals surface area contributed by atoms with E-state index in [-0.39, 0.29) is 29.0 Å². The number of carbonyl (C=O) groups excluding carboxylic acids is 2. The molecule has 2 amide bonds. The molecule has 1 saturated carbocycles. The number of hydrogen-bond donors (Lipinski definition) is 1. The Balaban J connectivity index is 1.28. The number of benzene rings is 2. The van der Waals surface area contributed by atoms with Gasteiger partial charge in [-0.25, -0.2) is 4.39 Å². The molecular formula is C23H23FN2O2. The molecule has 28 heavy (non-hydrogen) atoms. The molecule has 1 N–H and O–H groups in total. The van der Waals surface area contributed by atoms with Crippen molar-refractivity contribution in [2.24, 2.45) is 11.3 Å². The molecule has 0 bridgehead atoms. The molecule has 1 saturated heterocycles. The minimum atomic E-state index is -0.292. The molecular weight excluding hydrogens is 355 g/mol. The zero-order valence-electron chi connectivity index (χ0n) is 15.6. The van der Waals surface area contributed by atoms with Gasteiger partial charge in [-0.1, -0.05) is 30.3 Å². The Bertz CT molecular complexity index is 885. The molecule has 2 aliphatic rings. The number of nitrogens with one attached hydrogen (secondary N) is 1. The maximum atomic E-state index is 12.9. The van der Waals surface area contributed by atoms with Crippen LogP contribution in [0.1, 0.15) is 24.8 Å². The zero-order valence-corrected chi connectivity index (χ0v) is 15.6. The van der Waals surface area contributed by atoms with Gasteiger partial charge in [-0.05, 0) is 60.6 Å². The van der Waals surface area contributed by atoms with E-state index in [9.17, 15) is 14.0 Å². The molecule has 2 aromatic rings. The van der Waals surface area contributed by atoms with E-state index in [0.717, 1.165) is 30.5 Å². The van der Waals surface area contributed by atoms with Crippen LogP contribution >= 0.6 is 0 Å². The number of hydrogen-bond acceptors (Lipinski definition) is 2. The molecule has 144 valence electrons. The van der Waals surface area contributed by atoms with Crippen LogP contribution in [0.5, 0.6) is 0 Å². The second-order valence-corrected chi connectivity index (χ2v) is 7.68. The third-order valence-corrected chi connectivity index (χ3v) is 5.91. The van der Waals surface area contributed by atoms with E-state index in [2.05, 4.69) is 5.32 Å². The van der Waals surface area contributed by atoms with Gasteiger partial charge in [-0.15, -0.1) is 0 Å². The van der Waals surface area contributed by atoms with E-state index in [4.69, 9.17) is 0 Å². The molecule has 5 heteroatoms. The van der Waals surface area contributed by atoms with Crippen LogP contribution in [-0.2, 0) is 9.59 Å². The second kappa shape index (κ2) is 7.58. The number of halogens is 1. The summed E-state index contributed by atoms with van der Waals surface area (Å²) in [6.45, 7) is 1.34. The summed E-state index contributed by atoms with van der Waals surface area (Å²) in [6, 6.07) is 15.6. The van der Waals surface area contributed by atoms with E-state index in [1.165, 1.54) is 18.2 Å². The fraction of sp³-hybridized carbons (Fsp3) is 0.304. The Morgan fingerprint density at radius 2 is 1.71 bits per heavy atom. The van der Waals surface area contributed by atoms with Gasteiger partial charge in [0, 0.05) is 30.8 Å². The number of nitrogens with zero attached hydrogens (tertiary/aromatic N) is 1. The Morgan fingerprint density at radius 1 is 1.04 bits per heavy atom. The summed E-state index contributed by atoms with van der Waals surface area (Å²) >= 11 is 0. The predicted molar refractivity (Wildman–Crippen MR) is 107 cm³/mol. The third-order valence-electron chi connectivity index (χ3n) is 5.91. The second-order valence-electron chi connectivity index (χ2n) is 7.68.